The van der Waals surface area contributed by atoms with Gasteiger partial charge in [0, 0.05) is 37.7 Å². The van der Waals surface area contributed by atoms with Crippen LogP contribution in [-0.2, 0) is 6.18 Å². The van der Waals surface area contributed by atoms with Crippen molar-refractivity contribution in [3.63, 3.8) is 0 Å². The molecule has 0 saturated heterocycles. The van der Waals surface area contributed by atoms with Gasteiger partial charge in [0.05, 0.1) is 22.9 Å². The smallest absolute Gasteiger partial charge is 0.378 e. The van der Waals surface area contributed by atoms with E-state index in [9.17, 15) is 18.0 Å². The van der Waals surface area contributed by atoms with Gasteiger partial charge in [0.1, 0.15) is 0 Å². The number of aromatic nitrogens is 2. The molecule has 140 valence electrons. The number of rotatable bonds is 4. The maximum Gasteiger partial charge on any atom is 0.416 e. The van der Waals surface area contributed by atoms with Crippen LogP contribution < -0.4 is 10.2 Å². The third-order valence-corrected chi connectivity index (χ3v) is 3.98. The second-order valence-electron chi connectivity index (χ2n) is 6.09. The molecular weight excluding hydrogens is 357 g/mol. The van der Waals surface area contributed by atoms with Crippen molar-refractivity contribution < 1.29 is 18.0 Å². The number of carbonyl (C=O) groups is 1. The zero-order valence-corrected chi connectivity index (χ0v) is 14.7. The molecular formula is C19H17F3N4O. The van der Waals surface area contributed by atoms with E-state index in [0.29, 0.717) is 11.1 Å². The lowest BCUT2D eigenvalue weighted by molar-refractivity contribution is -0.137. The molecule has 1 amide bonds. The van der Waals surface area contributed by atoms with E-state index in [-0.39, 0.29) is 11.4 Å². The first-order chi connectivity index (χ1) is 12.8. The van der Waals surface area contributed by atoms with E-state index in [2.05, 4.69) is 10.3 Å². The van der Waals surface area contributed by atoms with Crippen molar-refractivity contribution in [1.29, 1.82) is 0 Å². The second kappa shape index (κ2) is 7.14. The Morgan fingerprint density at radius 1 is 1.19 bits per heavy atom. The summed E-state index contributed by atoms with van der Waals surface area (Å²) in [5, 5.41) is 2.64. The lowest BCUT2D eigenvalue weighted by atomic mass is 10.2. The first-order valence-electron chi connectivity index (χ1n) is 8.04. The van der Waals surface area contributed by atoms with Crippen molar-refractivity contribution in [3.05, 3.63) is 66.1 Å². The molecule has 0 aliphatic heterocycles. The highest BCUT2D eigenvalue weighted by Crippen LogP contribution is 2.31. The number of anilines is 1. The fraction of sp³-hybridized carbons (Fsp3) is 0.158. The highest BCUT2D eigenvalue weighted by Gasteiger charge is 2.30. The summed E-state index contributed by atoms with van der Waals surface area (Å²) in [7, 11) is 3.76. The van der Waals surface area contributed by atoms with E-state index < -0.39 is 11.7 Å². The normalized spacial score (nSPS) is 11.9. The van der Waals surface area contributed by atoms with Crippen LogP contribution >= 0.6 is 0 Å². The second-order valence-corrected chi connectivity index (χ2v) is 6.09. The van der Waals surface area contributed by atoms with Crippen LogP contribution in [0, 0.1) is 0 Å². The molecule has 0 radical (unpaired) electrons. The molecule has 5 nitrogen and oxygen atoms in total. The number of hydrogen-bond acceptors (Lipinski definition) is 3. The van der Waals surface area contributed by atoms with Crippen LogP contribution in [0.5, 0.6) is 0 Å². The lowest BCUT2D eigenvalue weighted by Gasteiger charge is -2.13. The van der Waals surface area contributed by atoms with Gasteiger partial charge in [-0.2, -0.15) is 13.2 Å². The summed E-state index contributed by atoms with van der Waals surface area (Å²) < 4.78 is 39.8. The quantitative estimate of drug-likeness (QED) is 0.752. The Morgan fingerprint density at radius 3 is 2.67 bits per heavy atom. The van der Waals surface area contributed by atoms with Gasteiger partial charge in [-0.3, -0.25) is 4.79 Å². The van der Waals surface area contributed by atoms with E-state index in [1.165, 1.54) is 29.4 Å². The first-order valence-corrected chi connectivity index (χ1v) is 8.04. The number of nitrogens with one attached hydrogen (secondary N) is 1. The fourth-order valence-corrected chi connectivity index (χ4v) is 2.53. The first kappa shape index (κ1) is 18.5. The molecule has 1 aromatic heterocycles. The molecule has 3 aromatic rings. The Hall–Kier alpha value is -3.29. The molecule has 1 N–H and O–H groups in total. The SMILES string of the molecule is CN(C)c1cccc(C(=O)N/C=C/n2cnc3cc(C(F)(F)F)ccc32)c1. The van der Waals surface area contributed by atoms with Crippen molar-refractivity contribution in [2.75, 3.05) is 19.0 Å². The molecule has 2 aromatic carbocycles. The predicted octanol–water partition coefficient (Wildman–Crippen LogP) is 3.98. The molecule has 1 heterocycles. The van der Waals surface area contributed by atoms with Gasteiger partial charge in [-0.25, -0.2) is 4.98 Å². The number of carbonyl (C=O) groups excluding carboxylic acids is 1. The van der Waals surface area contributed by atoms with Gasteiger partial charge in [-0.15, -0.1) is 0 Å². The van der Waals surface area contributed by atoms with Gasteiger partial charge in [0.15, 0.2) is 0 Å². The highest BCUT2D eigenvalue weighted by atomic mass is 19.4. The maximum atomic E-state index is 12.8. The Labute approximate surface area is 153 Å². The molecule has 27 heavy (non-hydrogen) atoms. The van der Waals surface area contributed by atoms with E-state index in [1.54, 1.807) is 18.2 Å². The number of alkyl halides is 3. The summed E-state index contributed by atoms with van der Waals surface area (Å²) in [6, 6.07) is 10.5. The Bertz CT molecular complexity index is 1010. The Kier molecular flexibility index (Phi) is 4.89. The third-order valence-electron chi connectivity index (χ3n) is 3.98. The molecule has 3 rings (SSSR count). The van der Waals surface area contributed by atoms with Crippen LogP contribution in [0.1, 0.15) is 15.9 Å². The van der Waals surface area contributed by atoms with Crippen LogP contribution in [0.4, 0.5) is 18.9 Å². The van der Waals surface area contributed by atoms with Crippen molar-refractivity contribution in [3.8, 4) is 0 Å². The zero-order chi connectivity index (χ0) is 19.6. The van der Waals surface area contributed by atoms with Crippen LogP contribution in [0.2, 0.25) is 0 Å². The van der Waals surface area contributed by atoms with Crippen molar-refractivity contribution >= 4 is 28.8 Å². The van der Waals surface area contributed by atoms with Gasteiger partial charge < -0.3 is 14.8 Å². The average Bonchev–Trinajstić information content (AvgIpc) is 3.03. The van der Waals surface area contributed by atoms with Gasteiger partial charge in [-0.05, 0) is 36.4 Å². The summed E-state index contributed by atoms with van der Waals surface area (Å²) in [5.74, 6) is -0.293. The summed E-state index contributed by atoms with van der Waals surface area (Å²) >= 11 is 0. The van der Waals surface area contributed by atoms with Crippen molar-refractivity contribution in [2.45, 2.75) is 6.18 Å². The van der Waals surface area contributed by atoms with E-state index in [1.807, 2.05) is 25.1 Å². The molecule has 0 bridgehead atoms. The number of halogens is 3. The van der Waals surface area contributed by atoms with Gasteiger partial charge >= 0.3 is 6.18 Å². The molecule has 0 aliphatic carbocycles. The van der Waals surface area contributed by atoms with E-state index in [4.69, 9.17) is 0 Å². The van der Waals surface area contributed by atoms with E-state index in [0.717, 1.165) is 17.8 Å². The van der Waals surface area contributed by atoms with Gasteiger partial charge in [0.2, 0.25) is 0 Å². The number of amides is 1. The molecule has 0 saturated carbocycles. The van der Waals surface area contributed by atoms with Crippen molar-refractivity contribution in [2.24, 2.45) is 0 Å². The number of fused-ring (bicyclic) bond motifs is 1. The molecule has 0 spiro atoms. The summed E-state index contributed by atoms with van der Waals surface area (Å²) in [4.78, 5) is 18.1. The van der Waals surface area contributed by atoms with Crippen LogP contribution in [0.25, 0.3) is 17.2 Å². The van der Waals surface area contributed by atoms with Gasteiger partial charge in [0.25, 0.3) is 5.91 Å². The maximum absolute atomic E-state index is 12.8. The molecule has 0 fully saturated rings. The molecule has 0 atom stereocenters. The minimum atomic E-state index is -4.41. The Morgan fingerprint density at radius 2 is 1.96 bits per heavy atom. The highest BCUT2D eigenvalue weighted by molar-refractivity contribution is 5.96. The topological polar surface area (TPSA) is 50.2 Å². The monoisotopic (exact) mass is 374 g/mol. The fourth-order valence-electron chi connectivity index (χ4n) is 2.53. The van der Waals surface area contributed by atoms with Crippen molar-refractivity contribution in [1.82, 2.24) is 14.9 Å². The molecule has 0 unspecified atom stereocenters. The van der Waals surface area contributed by atoms with Crippen LogP contribution in [0.3, 0.4) is 0 Å². The Balaban J connectivity index is 1.75. The summed E-state index contributed by atoms with van der Waals surface area (Å²) in [5.41, 5.74) is 1.37. The molecule has 0 aliphatic rings. The number of hydrogen-bond donors (Lipinski definition) is 1. The number of nitrogens with zero attached hydrogens (tertiary/aromatic N) is 3. The minimum Gasteiger partial charge on any atom is -0.378 e. The van der Waals surface area contributed by atoms with Crippen LogP contribution in [0.15, 0.2) is 55.0 Å². The minimum absolute atomic E-state index is 0.222. The van der Waals surface area contributed by atoms with Crippen LogP contribution in [-0.4, -0.2) is 29.6 Å². The number of benzene rings is 2. The largest absolute Gasteiger partial charge is 0.416 e. The lowest BCUT2D eigenvalue weighted by Crippen LogP contribution is -2.18. The van der Waals surface area contributed by atoms with E-state index >= 15 is 0 Å². The standard InChI is InChI=1S/C19H17F3N4O/c1-25(2)15-5-3-4-13(10-15)18(27)23-8-9-26-12-24-16-11-14(19(20,21)22)6-7-17(16)26/h3-12H,1-2H3,(H,23,27)/b9-8+. The number of imidazole rings is 1. The summed E-state index contributed by atoms with van der Waals surface area (Å²) in [6.45, 7) is 0. The average molecular weight is 374 g/mol. The predicted molar refractivity (Wildman–Crippen MR) is 98.3 cm³/mol. The molecule has 8 heteroatoms. The van der Waals surface area contributed by atoms with Gasteiger partial charge in [-0.1, -0.05) is 6.07 Å². The zero-order valence-electron chi connectivity index (χ0n) is 14.7. The summed E-state index contributed by atoms with van der Waals surface area (Å²) in [6.07, 6.45) is -0.0806. The third kappa shape index (κ3) is 4.11.